The number of hydrogen-bond donors (Lipinski definition) is 3. The summed E-state index contributed by atoms with van der Waals surface area (Å²) in [6.07, 6.45) is 4.10. The van der Waals surface area contributed by atoms with Crippen LogP contribution in [-0.2, 0) is 6.42 Å². The Hall–Kier alpha value is -1.95. The number of rotatable bonds is 11. The first-order valence-corrected chi connectivity index (χ1v) is 9.59. The summed E-state index contributed by atoms with van der Waals surface area (Å²) in [5.41, 5.74) is 1.27. The Labute approximate surface area is 157 Å². The average molecular weight is 364 g/mol. The van der Waals surface area contributed by atoms with Gasteiger partial charge in [0.15, 0.2) is 17.5 Å². The van der Waals surface area contributed by atoms with Gasteiger partial charge < -0.3 is 25.2 Å². The van der Waals surface area contributed by atoms with Gasteiger partial charge in [0.25, 0.3) is 0 Å². The standard InChI is InChI=1S/C20H33N3O3/c1-4-21-19(23-14-20(15-24)10-11-20)22-12-6-7-16-8-9-17(25-3)18(13-16)26-5-2/h8-9,13,24H,4-7,10-12,14-15H2,1-3H3,(H2,21,22,23). The molecule has 0 aliphatic heterocycles. The van der Waals surface area contributed by atoms with E-state index in [-0.39, 0.29) is 12.0 Å². The van der Waals surface area contributed by atoms with Crippen LogP contribution in [0.1, 0.15) is 38.7 Å². The van der Waals surface area contributed by atoms with Crippen molar-refractivity contribution >= 4 is 5.96 Å². The number of aliphatic hydroxyl groups is 1. The summed E-state index contributed by atoms with van der Waals surface area (Å²) in [6.45, 7) is 7.24. The Morgan fingerprint density at radius 3 is 2.65 bits per heavy atom. The smallest absolute Gasteiger partial charge is 0.191 e. The number of hydrogen-bond acceptors (Lipinski definition) is 4. The molecule has 0 bridgehead atoms. The Morgan fingerprint density at radius 1 is 1.23 bits per heavy atom. The van der Waals surface area contributed by atoms with Crippen molar-refractivity contribution in [2.45, 2.75) is 39.5 Å². The van der Waals surface area contributed by atoms with E-state index >= 15 is 0 Å². The monoisotopic (exact) mass is 363 g/mol. The van der Waals surface area contributed by atoms with Gasteiger partial charge in [-0.05, 0) is 57.2 Å². The normalized spacial score (nSPS) is 15.5. The Balaban J connectivity index is 1.80. The third kappa shape index (κ3) is 6.09. The minimum absolute atomic E-state index is 0.0428. The summed E-state index contributed by atoms with van der Waals surface area (Å²) < 4.78 is 11.0. The van der Waals surface area contributed by atoms with Crippen LogP contribution >= 0.6 is 0 Å². The van der Waals surface area contributed by atoms with Crippen LogP contribution < -0.4 is 20.1 Å². The molecule has 0 unspecified atom stereocenters. The molecule has 0 amide bonds. The third-order valence-electron chi connectivity index (χ3n) is 4.67. The van der Waals surface area contributed by atoms with Crippen molar-refractivity contribution in [2.24, 2.45) is 10.4 Å². The van der Waals surface area contributed by atoms with E-state index in [0.29, 0.717) is 13.2 Å². The van der Waals surface area contributed by atoms with E-state index in [9.17, 15) is 5.11 Å². The maximum atomic E-state index is 9.41. The van der Waals surface area contributed by atoms with Gasteiger partial charge in [0.05, 0.1) is 26.9 Å². The number of nitrogens with one attached hydrogen (secondary N) is 2. The van der Waals surface area contributed by atoms with Crippen molar-refractivity contribution in [1.82, 2.24) is 10.6 Å². The molecule has 0 aromatic heterocycles. The molecule has 146 valence electrons. The van der Waals surface area contributed by atoms with Gasteiger partial charge in [0.2, 0.25) is 0 Å². The molecule has 0 spiro atoms. The molecule has 1 aliphatic rings. The van der Waals surface area contributed by atoms with Crippen LogP contribution in [0.5, 0.6) is 11.5 Å². The fraction of sp³-hybridized carbons (Fsp3) is 0.650. The van der Waals surface area contributed by atoms with E-state index in [1.165, 1.54) is 5.56 Å². The van der Waals surface area contributed by atoms with E-state index < -0.39 is 0 Å². The summed E-state index contributed by atoms with van der Waals surface area (Å²) in [7, 11) is 1.66. The second-order valence-corrected chi connectivity index (χ2v) is 6.80. The summed E-state index contributed by atoms with van der Waals surface area (Å²) in [4.78, 5) is 4.62. The third-order valence-corrected chi connectivity index (χ3v) is 4.67. The molecule has 1 fully saturated rings. The number of aliphatic hydroxyl groups excluding tert-OH is 1. The van der Waals surface area contributed by atoms with Crippen LogP contribution in [0.4, 0.5) is 0 Å². The Bertz CT molecular complexity index is 586. The lowest BCUT2D eigenvalue weighted by Crippen LogP contribution is -2.38. The predicted molar refractivity (Wildman–Crippen MR) is 105 cm³/mol. The van der Waals surface area contributed by atoms with Gasteiger partial charge in [-0.1, -0.05) is 6.07 Å². The molecule has 6 nitrogen and oxygen atoms in total. The van der Waals surface area contributed by atoms with E-state index in [0.717, 1.165) is 56.2 Å². The van der Waals surface area contributed by atoms with Crippen molar-refractivity contribution in [3.63, 3.8) is 0 Å². The molecule has 1 aliphatic carbocycles. The molecule has 1 aromatic rings. The van der Waals surface area contributed by atoms with Gasteiger partial charge in [-0.15, -0.1) is 0 Å². The highest BCUT2D eigenvalue weighted by atomic mass is 16.5. The number of guanidine groups is 1. The molecule has 1 saturated carbocycles. The molecule has 1 aromatic carbocycles. The van der Waals surface area contributed by atoms with Gasteiger partial charge in [-0.3, -0.25) is 4.99 Å². The molecule has 26 heavy (non-hydrogen) atoms. The first kappa shape index (κ1) is 20.4. The fourth-order valence-electron chi connectivity index (χ4n) is 2.78. The Morgan fingerprint density at radius 2 is 2.04 bits per heavy atom. The molecular formula is C20H33N3O3. The van der Waals surface area contributed by atoms with Crippen LogP contribution in [0.15, 0.2) is 23.2 Å². The molecule has 3 N–H and O–H groups in total. The minimum atomic E-state index is 0.0428. The molecule has 0 radical (unpaired) electrons. The number of methoxy groups -OCH3 is 1. The SMILES string of the molecule is CCNC(=NCC1(CO)CC1)NCCCc1ccc(OC)c(OCC)c1. The van der Waals surface area contributed by atoms with Crippen LogP contribution in [0.3, 0.4) is 0 Å². The topological polar surface area (TPSA) is 75.1 Å². The van der Waals surface area contributed by atoms with Gasteiger partial charge in [0.1, 0.15) is 0 Å². The lowest BCUT2D eigenvalue weighted by atomic mass is 10.1. The average Bonchev–Trinajstić information content (AvgIpc) is 3.44. The first-order chi connectivity index (χ1) is 12.7. The molecule has 2 rings (SSSR count). The number of aliphatic imine (C=N–C) groups is 1. The zero-order valence-electron chi connectivity index (χ0n) is 16.3. The molecule has 0 heterocycles. The van der Waals surface area contributed by atoms with E-state index in [1.54, 1.807) is 7.11 Å². The van der Waals surface area contributed by atoms with E-state index in [1.807, 2.05) is 13.0 Å². The quantitative estimate of drug-likeness (QED) is 0.320. The zero-order valence-corrected chi connectivity index (χ0v) is 16.3. The summed E-state index contributed by atoms with van der Waals surface area (Å²) in [6, 6.07) is 6.10. The maximum absolute atomic E-state index is 9.41. The van der Waals surface area contributed by atoms with Gasteiger partial charge in [0, 0.05) is 18.5 Å². The van der Waals surface area contributed by atoms with E-state index in [2.05, 4.69) is 34.7 Å². The minimum Gasteiger partial charge on any atom is -0.493 e. The molecule has 0 saturated heterocycles. The van der Waals surface area contributed by atoms with Crippen molar-refractivity contribution < 1.29 is 14.6 Å². The van der Waals surface area contributed by atoms with Crippen LogP contribution in [-0.4, -0.2) is 51.0 Å². The number of benzene rings is 1. The van der Waals surface area contributed by atoms with Gasteiger partial charge in [-0.2, -0.15) is 0 Å². The van der Waals surface area contributed by atoms with Crippen LogP contribution in [0.2, 0.25) is 0 Å². The van der Waals surface area contributed by atoms with Crippen LogP contribution in [0.25, 0.3) is 0 Å². The number of nitrogens with zero attached hydrogens (tertiary/aromatic N) is 1. The Kier molecular flexibility index (Phi) is 8.04. The second-order valence-electron chi connectivity index (χ2n) is 6.80. The highest BCUT2D eigenvalue weighted by molar-refractivity contribution is 5.79. The highest BCUT2D eigenvalue weighted by Gasteiger charge is 2.41. The second kappa shape index (κ2) is 10.3. The highest BCUT2D eigenvalue weighted by Crippen LogP contribution is 2.45. The summed E-state index contributed by atoms with van der Waals surface area (Å²) in [5, 5.41) is 16.1. The molecular weight excluding hydrogens is 330 g/mol. The predicted octanol–water partition coefficient (Wildman–Crippen LogP) is 2.35. The van der Waals surface area contributed by atoms with Crippen molar-refractivity contribution in [3.8, 4) is 11.5 Å². The van der Waals surface area contributed by atoms with Crippen molar-refractivity contribution in [2.75, 3.05) is 40.0 Å². The van der Waals surface area contributed by atoms with Crippen molar-refractivity contribution in [1.29, 1.82) is 0 Å². The fourth-order valence-corrected chi connectivity index (χ4v) is 2.78. The lowest BCUT2D eigenvalue weighted by Gasteiger charge is -2.14. The molecule has 6 heteroatoms. The van der Waals surface area contributed by atoms with Gasteiger partial charge in [-0.25, -0.2) is 0 Å². The zero-order chi connectivity index (χ0) is 18.8. The maximum Gasteiger partial charge on any atom is 0.191 e. The molecule has 0 atom stereocenters. The first-order valence-electron chi connectivity index (χ1n) is 9.59. The lowest BCUT2D eigenvalue weighted by molar-refractivity contribution is 0.217. The van der Waals surface area contributed by atoms with Crippen molar-refractivity contribution in [3.05, 3.63) is 23.8 Å². The van der Waals surface area contributed by atoms with Gasteiger partial charge >= 0.3 is 0 Å². The summed E-state index contributed by atoms with van der Waals surface area (Å²) >= 11 is 0. The van der Waals surface area contributed by atoms with E-state index in [4.69, 9.17) is 9.47 Å². The number of aryl methyl sites for hydroxylation is 1. The largest absolute Gasteiger partial charge is 0.493 e. The summed E-state index contributed by atoms with van der Waals surface area (Å²) in [5.74, 6) is 2.40. The van der Waals surface area contributed by atoms with Crippen LogP contribution in [0, 0.1) is 5.41 Å². The number of ether oxygens (including phenoxy) is 2.